The molecule has 1 aromatic carbocycles. The second-order valence-electron chi connectivity index (χ2n) is 5.31. The van der Waals surface area contributed by atoms with E-state index >= 15 is 0 Å². The Hall–Kier alpha value is -2.10. The monoisotopic (exact) mass is 304 g/mol. The molecule has 1 atom stereocenters. The fourth-order valence-corrected chi connectivity index (χ4v) is 2.15. The minimum absolute atomic E-state index is 0.161. The molecule has 0 aliphatic carbocycles. The lowest BCUT2D eigenvalue weighted by Crippen LogP contribution is -2.18. The smallest absolute Gasteiger partial charge is 0.302 e. The first-order valence-corrected chi connectivity index (χ1v) is 7.47. The number of rotatable bonds is 8. The summed E-state index contributed by atoms with van der Waals surface area (Å²) in [5, 5.41) is 0. The van der Waals surface area contributed by atoms with Crippen LogP contribution in [0.25, 0.3) is 0 Å². The number of ether oxygens (including phenoxy) is 2. The van der Waals surface area contributed by atoms with Gasteiger partial charge in [0.2, 0.25) is 0 Å². The zero-order valence-electron chi connectivity index (χ0n) is 13.5. The van der Waals surface area contributed by atoms with Gasteiger partial charge in [-0.05, 0) is 31.4 Å². The van der Waals surface area contributed by atoms with E-state index in [1.54, 1.807) is 0 Å². The van der Waals surface area contributed by atoms with Crippen LogP contribution in [0.2, 0.25) is 0 Å². The highest BCUT2D eigenvalue weighted by Crippen LogP contribution is 2.15. The summed E-state index contributed by atoms with van der Waals surface area (Å²) >= 11 is 0. The van der Waals surface area contributed by atoms with Crippen LogP contribution >= 0.6 is 0 Å². The van der Waals surface area contributed by atoms with Gasteiger partial charge in [-0.15, -0.1) is 0 Å². The Morgan fingerprint density at radius 2 is 1.77 bits per heavy atom. The number of carbonyl (C=O) groups is 2. The molecule has 4 heteroatoms. The number of benzene rings is 1. The topological polar surface area (TPSA) is 52.6 Å². The van der Waals surface area contributed by atoms with E-state index in [9.17, 15) is 9.59 Å². The van der Waals surface area contributed by atoms with Gasteiger partial charge in [0.25, 0.3) is 0 Å². The van der Waals surface area contributed by atoms with Crippen LogP contribution in [-0.4, -0.2) is 24.6 Å². The first-order chi connectivity index (χ1) is 10.5. The predicted molar refractivity (Wildman–Crippen MR) is 85.3 cm³/mol. The standard InChI is InChI=1S/C18H24O4/c1-14(11-12-21-15(2)19)13-18(22-16(3)20)10-9-17-7-5-4-6-8-17/h4-8,11,18H,9-10,12-13H2,1-3H3/b14-11-. The highest BCUT2D eigenvalue weighted by molar-refractivity contribution is 5.66. The highest BCUT2D eigenvalue weighted by atomic mass is 16.5. The molecule has 0 radical (unpaired) electrons. The maximum Gasteiger partial charge on any atom is 0.302 e. The van der Waals surface area contributed by atoms with Crippen LogP contribution in [0, 0.1) is 0 Å². The molecule has 1 aromatic rings. The summed E-state index contributed by atoms with van der Waals surface area (Å²) in [6.45, 7) is 5.01. The summed E-state index contributed by atoms with van der Waals surface area (Å²) in [5.41, 5.74) is 2.27. The summed E-state index contributed by atoms with van der Waals surface area (Å²) in [6.07, 6.45) is 3.96. The number of aryl methyl sites for hydroxylation is 1. The molecular weight excluding hydrogens is 280 g/mol. The van der Waals surface area contributed by atoms with Crippen molar-refractivity contribution in [2.75, 3.05) is 6.61 Å². The highest BCUT2D eigenvalue weighted by Gasteiger charge is 2.13. The van der Waals surface area contributed by atoms with E-state index in [4.69, 9.17) is 9.47 Å². The van der Waals surface area contributed by atoms with Gasteiger partial charge in [-0.25, -0.2) is 0 Å². The van der Waals surface area contributed by atoms with Crippen molar-refractivity contribution in [2.45, 2.75) is 46.1 Å². The third-order valence-corrected chi connectivity index (χ3v) is 3.20. The molecule has 120 valence electrons. The first-order valence-electron chi connectivity index (χ1n) is 7.47. The molecule has 0 heterocycles. The lowest BCUT2D eigenvalue weighted by atomic mass is 10.0. The lowest BCUT2D eigenvalue weighted by molar-refractivity contribution is -0.146. The number of esters is 2. The van der Waals surface area contributed by atoms with Gasteiger partial charge in [0.05, 0.1) is 0 Å². The van der Waals surface area contributed by atoms with Gasteiger partial charge in [-0.3, -0.25) is 9.59 Å². The van der Waals surface area contributed by atoms with E-state index < -0.39 is 0 Å². The van der Waals surface area contributed by atoms with Crippen molar-refractivity contribution in [1.82, 2.24) is 0 Å². The third-order valence-electron chi connectivity index (χ3n) is 3.20. The Kier molecular flexibility index (Phi) is 7.97. The van der Waals surface area contributed by atoms with Gasteiger partial charge in [-0.2, -0.15) is 0 Å². The van der Waals surface area contributed by atoms with Crippen molar-refractivity contribution in [1.29, 1.82) is 0 Å². The zero-order valence-corrected chi connectivity index (χ0v) is 13.5. The molecule has 0 N–H and O–H groups in total. The van der Waals surface area contributed by atoms with Gasteiger partial charge >= 0.3 is 11.9 Å². The predicted octanol–water partition coefficient (Wildman–Crippen LogP) is 3.45. The van der Waals surface area contributed by atoms with Crippen molar-refractivity contribution >= 4 is 11.9 Å². The molecule has 0 amide bonds. The van der Waals surface area contributed by atoms with E-state index in [1.165, 1.54) is 19.4 Å². The number of carbonyl (C=O) groups excluding carboxylic acids is 2. The molecular formula is C18H24O4. The van der Waals surface area contributed by atoms with Crippen LogP contribution in [0.1, 0.15) is 39.2 Å². The zero-order chi connectivity index (χ0) is 16.4. The molecule has 0 aromatic heterocycles. The Morgan fingerprint density at radius 1 is 1.09 bits per heavy atom. The molecule has 4 nitrogen and oxygen atoms in total. The Labute approximate surface area is 132 Å². The summed E-state index contributed by atoms with van der Waals surface area (Å²) in [5.74, 6) is -0.574. The average molecular weight is 304 g/mol. The summed E-state index contributed by atoms with van der Waals surface area (Å²) in [6, 6.07) is 10.1. The molecule has 22 heavy (non-hydrogen) atoms. The molecule has 1 rings (SSSR count). The summed E-state index contributed by atoms with van der Waals surface area (Å²) < 4.78 is 10.3. The lowest BCUT2D eigenvalue weighted by Gasteiger charge is -2.17. The molecule has 0 aliphatic rings. The molecule has 0 aliphatic heterocycles. The Morgan fingerprint density at radius 3 is 2.36 bits per heavy atom. The van der Waals surface area contributed by atoms with Crippen molar-refractivity contribution in [2.24, 2.45) is 0 Å². The van der Waals surface area contributed by atoms with E-state index in [1.807, 2.05) is 31.2 Å². The van der Waals surface area contributed by atoms with Crippen molar-refractivity contribution in [3.05, 3.63) is 47.5 Å². The molecule has 0 saturated heterocycles. The fourth-order valence-electron chi connectivity index (χ4n) is 2.15. The summed E-state index contributed by atoms with van der Waals surface area (Å²) in [7, 11) is 0. The van der Waals surface area contributed by atoms with Crippen molar-refractivity contribution < 1.29 is 19.1 Å². The van der Waals surface area contributed by atoms with Crippen LogP contribution in [0.15, 0.2) is 42.0 Å². The Balaban J connectivity index is 2.52. The van der Waals surface area contributed by atoms with E-state index in [-0.39, 0.29) is 24.6 Å². The van der Waals surface area contributed by atoms with Crippen LogP contribution in [0.4, 0.5) is 0 Å². The second kappa shape index (κ2) is 9.77. The number of hydrogen-bond acceptors (Lipinski definition) is 4. The number of hydrogen-bond donors (Lipinski definition) is 0. The van der Waals surface area contributed by atoms with E-state index in [2.05, 4.69) is 12.1 Å². The maximum absolute atomic E-state index is 11.2. The normalized spacial score (nSPS) is 12.6. The van der Waals surface area contributed by atoms with Gasteiger partial charge < -0.3 is 9.47 Å². The third kappa shape index (κ3) is 8.25. The first kappa shape index (κ1) is 18.0. The average Bonchev–Trinajstić information content (AvgIpc) is 2.45. The molecule has 1 unspecified atom stereocenters. The minimum Gasteiger partial charge on any atom is -0.462 e. The van der Waals surface area contributed by atoms with Crippen LogP contribution < -0.4 is 0 Å². The Bertz CT molecular complexity index is 505. The van der Waals surface area contributed by atoms with Gasteiger partial charge in [0.1, 0.15) is 12.7 Å². The van der Waals surface area contributed by atoms with E-state index in [0.29, 0.717) is 6.42 Å². The van der Waals surface area contributed by atoms with Gasteiger partial charge in [0.15, 0.2) is 0 Å². The van der Waals surface area contributed by atoms with Crippen LogP contribution in [0.5, 0.6) is 0 Å². The van der Waals surface area contributed by atoms with Crippen molar-refractivity contribution in [3.8, 4) is 0 Å². The van der Waals surface area contributed by atoms with Crippen LogP contribution in [-0.2, 0) is 25.5 Å². The molecule has 0 saturated carbocycles. The van der Waals surface area contributed by atoms with Gasteiger partial charge in [0, 0.05) is 20.3 Å². The van der Waals surface area contributed by atoms with Gasteiger partial charge in [-0.1, -0.05) is 35.9 Å². The molecule has 0 fully saturated rings. The largest absolute Gasteiger partial charge is 0.462 e. The van der Waals surface area contributed by atoms with E-state index in [0.717, 1.165) is 18.4 Å². The summed E-state index contributed by atoms with van der Waals surface area (Å²) in [4.78, 5) is 22.0. The quantitative estimate of drug-likeness (QED) is 0.545. The maximum atomic E-state index is 11.2. The molecule has 0 spiro atoms. The fraction of sp³-hybridized carbons (Fsp3) is 0.444. The second-order valence-corrected chi connectivity index (χ2v) is 5.31. The van der Waals surface area contributed by atoms with Crippen LogP contribution in [0.3, 0.4) is 0 Å². The SMILES string of the molecule is CC(=O)OC/C=C(/C)CC(CCc1ccccc1)OC(C)=O. The van der Waals surface area contributed by atoms with Crippen molar-refractivity contribution in [3.63, 3.8) is 0 Å². The molecule has 0 bridgehead atoms. The minimum atomic E-state index is -0.301.